The van der Waals surface area contributed by atoms with Gasteiger partial charge in [-0.05, 0) is 31.0 Å². The van der Waals surface area contributed by atoms with Gasteiger partial charge in [-0.1, -0.05) is 23.7 Å². The highest BCUT2D eigenvalue weighted by atomic mass is 35.5. The molecule has 3 atom stereocenters. The molecule has 19 heavy (non-hydrogen) atoms. The Kier molecular flexibility index (Phi) is 3.81. The van der Waals surface area contributed by atoms with Gasteiger partial charge in [0.05, 0.1) is 6.10 Å². The van der Waals surface area contributed by atoms with Crippen LogP contribution in [0, 0.1) is 0 Å². The minimum atomic E-state index is -0.132. The van der Waals surface area contributed by atoms with Crippen LogP contribution >= 0.6 is 11.6 Å². The van der Waals surface area contributed by atoms with Gasteiger partial charge >= 0.3 is 0 Å². The number of hydrogen-bond donors (Lipinski definition) is 1. The van der Waals surface area contributed by atoms with Gasteiger partial charge in [0.2, 0.25) is 0 Å². The minimum Gasteiger partial charge on any atom is -0.392 e. The number of hydrogen-bond acceptors (Lipinski definition) is 3. The molecule has 0 aromatic heterocycles. The zero-order valence-electron chi connectivity index (χ0n) is 11.3. The SMILES string of the molecule is C[C@@H]1CN2C[C@H](O)CC2CN1Cc1ccc(Cl)cc1. The van der Waals surface area contributed by atoms with Crippen molar-refractivity contribution in [2.75, 3.05) is 19.6 Å². The lowest BCUT2D eigenvalue weighted by atomic mass is 10.1. The molecule has 2 heterocycles. The topological polar surface area (TPSA) is 26.7 Å². The maximum absolute atomic E-state index is 9.78. The molecule has 1 unspecified atom stereocenters. The molecule has 3 rings (SSSR count). The van der Waals surface area contributed by atoms with Crippen LogP contribution in [0.15, 0.2) is 24.3 Å². The van der Waals surface area contributed by atoms with E-state index in [4.69, 9.17) is 11.6 Å². The zero-order valence-corrected chi connectivity index (χ0v) is 12.1. The van der Waals surface area contributed by atoms with Crippen molar-refractivity contribution in [3.05, 3.63) is 34.9 Å². The average Bonchev–Trinajstić information content (AvgIpc) is 2.72. The van der Waals surface area contributed by atoms with Crippen LogP contribution in [-0.2, 0) is 6.54 Å². The molecular weight excluding hydrogens is 260 g/mol. The molecule has 2 saturated heterocycles. The average molecular weight is 281 g/mol. The van der Waals surface area contributed by atoms with Gasteiger partial charge in [-0.3, -0.25) is 9.80 Å². The molecular formula is C15H21ClN2O. The van der Waals surface area contributed by atoms with Gasteiger partial charge in [-0.2, -0.15) is 0 Å². The fourth-order valence-electron chi connectivity index (χ4n) is 3.32. The Labute approximate surface area is 119 Å². The van der Waals surface area contributed by atoms with E-state index in [0.29, 0.717) is 12.1 Å². The fourth-order valence-corrected chi connectivity index (χ4v) is 3.45. The molecule has 3 nitrogen and oxygen atoms in total. The summed E-state index contributed by atoms with van der Waals surface area (Å²) in [6, 6.07) is 9.18. The first kappa shape index (κ1) is 13.4. The van der Waals surface area contributed by atoms with Gasteiger partial charge in [-0.25, -0.2) is 0 Å². The van der Waals surface area contributed by atoms with Crippen LogP contribution in [-0.4, -0.2) is 52.7 Å². The molecule has 1 aromatic carbocycles. The van der Waals surface area contributed by atoms with Gasteiger partial charge < -0.3 is 5.11 Å². The normalized spacial score (nSPS) is 32.5. The van der Waals surface area contributed by atoms with Gasteiger partial charge in [0.15, 0.2) is 0 Å². The summed E-state index contributed by atoms with van der Waals surface area (Å²) in [6.07, 6.45) is 0.789. The first-order valence-corrected chi connectivity index (χ1v) is 7.40. The molecule has 104 valence electrons. The van der Waals surface area contributed by atoms with Crippen molar-refractivity contribution in [3.8, 4) is 0 Å². The third-order valence-electron chi connectivity index (χ3n) is 4.37. The fraction of sp³-hybridized carbons (Fsp3) is 0.600. The Balaban J connectivity index is 1.66. The highest BCUT2D eigenvalue weighted by Gasteiger charge is 2.37. The molecule has 0 bridgehead atoms. The predicted molar refractivity (Wildman–Crippen MR) is 77.3 cm³/mol. The van der Waals surface area contributed by atoms with Crippen molar-refractivity contribution in [2.45, 2.75) is 38.1 Å². The standard InChI is InChI=1S/C15H21ClN2O/c1-11-7-18-10-15(19)6-14(18)9-17(11)8-12-2-4-13(16)5-3-12/h2-5,11,14-15,19H,6-10H2,1H3/t11-,14?,15-/m1/s1. The van der Waals surface area contributed by atoms with Crippen LogP contribution in [0.25, 0.3) is 0 Å². The van der Waals surface area contributed by atoms with Crippen LogP contribution in [0.2, 0.25) is 5.02 Å². The number of rotatable bonds is 2. The molecule has 0 amide bonds. The lowest BCUT2D eigenvalue weighted by molar-refractivity contribution is 0.0528. The van der Waals surface area contributed by atoms with Crippen LogP contribution in [0.5, 0.6) is 0 Å². The van der Waals surface area contributed by atoms with E-state index >= 15 is 0 Å². The zero-order chi connectivity index (χ0) is 13.4. The Morgan fingerprint density at radius 1 is 1.21 bits per heavy atom. The van der Waals surface area contributed by atoms with Crippen molar-refractivity contribution in [1.29, 1.82) is 0 Å². The number of benzene rings is 1. The Bertz CT molecular complexity index is 436. The lowest BCUT2D eigenvalue weighted by Gasteiger charge is -2.42. The molecule has 1 N–H and O–H groups in total. The Hall–Kier alpha value is -0.610. The van der Waals surface area contributed by atoms with E-state index in [1.165, 1.54) is 5.56 Å². The summed E-state index contributed by atoms with van der Waals surface area (Å²) in [5.41, 5.74) is 1.31. The molecule has 0 aliphatic carbocycles. The quantitative estimate of drug-likeness (QED) is 0.897. The van der Waals surface area contributed by atoms with Crippen molar-refractivity contribution < 1.29 is 5.11 Å². The molecule has 2 aliphatic rings. The van der Waals surface area contributed by atoms with E-state index in [2.05, 4.69) is 28.9 Å². The second-order valence-corrected chi connectivity index (χ2v) is 6.34. The summed E-state index contributed by atoms with van der Waals surface area (Å²) in [4.78, 5) is 4.95. The Morgan fingerprint density at radius 3 is 2.68 bits per heavy atom. The summed E-state index contributed by atoms with van der Waals surface area (Å²) in [5.74, 6) is 0. The summed E-state index contributed by atoms with van der Waals surface area (Å²) in [6.45, 7) is 6.22. The van der Waals surface area contributed by atoms with Gasteiger partial charge in [0.1, 0.15) is 0 Å². The van der Waals surface area contributed by atoms with E-state index < -0.39 is 0 Å². The lowest BCUT2D eigenvalue weighted by Crippen LogP contribution is -2.54. The van der Waals surface area contributed by atoms with E-state index in [0.717, 1.165) is 37.6 Å². The Morgan fingerprint density at radius 2 is 1.95 bits per heavy atom. The molecule has 0 spiro atoms. The summed E-state index contributed by atoms with van der Waals surface area (Å²) < 4.78 is 0. The molecule has 4 heteroatoms. The van der Waals surface area contributed by atoms with E-state index in [9.17, 15) is 5.11 Å². The van der Waals surface area contributed by atoms with E-state index in [1.807, 2.05) is 12.1 Å². The molecule has 0 saturated carbocycles. The van der Waals surface area contributed by atoms with Crippen molar-refractivity contribution in [2.24, 2.45) is 0 Å². The maximum Gasteiger partial charge on any atom is 0.0682 e. The third kappa shape index (κ3) is 2.95. The molecule has 2 aliphatic heterocycles. The van der Waals surface area contributed by atoms with Crippen molar-refractivity contribution in [1.82, 2.24) is 9.80 Å². The van der Waals surface area contributed by atoms with Crippen LogP contribution in [0.3, 0.4) is 0 Å². The smallest absolute Gasteiger partial charge is 0.0682 e. The van der Waals surface area contributed by atoms with Gasteiger partial charge in [0, 0.05) is 43.3 Å². The molecule has 0 radical (unpaired) electrons. The monoisotopic (exact) mass is 280 g/mol. The second kappa shape index (κ2) is 5.41. The summed E-state index contributed by atoms with van der Waals surface area (Å²) in [7, 11) is 0. The van der Waals surface area contributed by atoms with Gasteiger partial charge in [0.25, 0.3) is 0 Å². The molecule has 2 fully saturated rings. The number of aliphatic hydroxyl groups is 1. The maximum atomic E-state index is 9.78. The molecule has 1 aromatic rings. The first-order chi connectivity index (χ1) is 9.11. The number of nitrogens with zero attached hydrogens (tertiary/aromatic N) is 2. The first-order valence-electron chi connectivity index (χ1n) is 7.02. The van der Waals surface area contributed by atoms with E-state index in [-0.39, 0.29) is 6.10 Å². The van der Waals surface area contributed by atoms with Crippen LogP contribution < -0.4 is 0 Å². The number of halogens is 1. The third-order valence-corrected chi connectivity index (χ3v) is 4.62. The highest BCUT2D eigenvalue weighted by Crippen LogP contribution is 2.26. The van der Waals surface area contributed by atoms with Crippen molar-refractivity contribution in [3.63, 3.8) is 0 Å². The predicted octanol–water partition coefficient (Wildman–Crippen LogP) is 1.98. The van der Waals surface area contributed by atoms with Gasteiger partial charge in [-0.15, -0.1) is 0 Å². The second-order valence-electron chi connectivity index (χ2n) is 5.90. The summed E-state index contributed by atoms with van der Waals surface area (Å²) >= 11 is 5.92. The minimum absolute atomic E-state index is 0.132. The van der Waals surface area contributed by atoms with Crippen molar-refractivity contribution >= 4 is 11.6 Å². The van der Waals surface area contributed by atoms with Crippen LogP contribution in [0.4, 0.5) is 0 Å². The number of fused-ring (bicyclic) bond motifs is 1. The largest absolute Gasteiger partial charge is 0.392 e. The number of aliphatic hydroxyl groups excluding tert-OH is 1. The summed E-state index contributed by atoms with van der Waals surface area (Å²) in [5, 5.41) is 10.6. The van der Waals surface area contributed by atoms with Crippen LogP contribution in [0.1, 0.15) is 18.9 Å². The number of piperazine rings is 1. The van der Waals surface area contributed by atoms with E-state index in [1.54, 1.807) is 0 Å². The highest BCUT2D eigenvalue weighted by molar-refractivity contribution is 6.30.